The van der Waals surface area contributed by atoms with Crippen molar-refractivity contribution < 1.29 is 26.8 Å². The van der Waals surface area contributed by atoms with E-state index >= 15 is 0 Å². The molecule has 0 atom stereocenters. The van der Waals surface area contributed by atoms with Crippen molar-refractivity contribution in [2.75, 3.05) is 37.4 Å². The summed E-state index contributed by atoms with van der Waals surface area (Å²) < 4.78 is 51.2. The number of aryl methyl sites for hydroxylation is 1. The number of rotatable bonds is 7. The largest absolute Gasteiger partial charge is 0.411 e. The summed E-state index contributed by atoms with van der Waals surface area (Å²) in [5.74, 6) is -0.541. The van der Waals surface area contributed by atoms with Crippen LogP contribution in [0.3, 0.4) is 0 Å². The molecule has 4 rings (SSSR count). The SMILES string of the molecule is Cc1ccc(NC(=O)CSc2nnc(-c3ccc(F)cc3)o2)cc1S(=O)(=O)N1CCOCC1. The maximum absolute atomic E-state index is 13.0. The van der Waals surface area contributed by atoms with Crippen molar-refractivity contribution in [3.63, 3.8) is 0 Å². The standard InChI is InChI=1S/C21H21FN4O5S2/c1-14-2-7-17(12-18(14)33(28,29)26-8-10-30-11-9-26)23-19(27)13-32-21-25-24-20(31-21)15-3-5-16(22)6-4-15/h2-7,12H,8-11,13H2,1H3,(H,23,27). The fourth-order valence-corrected chi connectivity index (χ4v) is 5.41. The summed E-state index contributed by atoms with van der Waals surface area (Å²) in [6, 6.07) is 10.4. The highest BCUT2D eigenvalue weighted by Gasteiger charge is 2.28. The van der Waals surface area contributed by atoms with Crippen LogP contribution in [0.2, 0.25) is 0 Å². The lowest BCUT2D eigenvalue weighted by Gasteiger charge is -2.26. The van der Waals surface area contributed by atoms with Crippen LogP contribution in [0.15, 0.2) is 57.0 Å². The molecule has 0 aliphatic carbocycles. The highest BCUT2D eigenvalue weighted by molar-refractivity contribution is 7.99. The summed E-state index contributed by atoms with van der Waals surface area (Å²) in [5.41, 5.74) is 1.53. The van der Waals surface area contributed by atoms with Gasteiger partial charge < -0.3 is 14.5 Å². The van der Waals surface area contributed by atoms with Crippen LogP contribution in [0.1, 0.15) is 5.56 Å². The lowest BCUT2D eigenvalue weighted by Crippen LogP contribution is -2.40. The number of hydrogen-bond donors (Lipinski definition) is 1. The molecule has 0 spiro atoms. The second kappa shape index (κ2) is 10.00. The van der Waals surface area contributed by atoms with Crippen molar-refractivity contribution >= 4 is 33.4 Å². The minimum atomic E-state index is -3.69. The molecule has 0 bridgehead atoms. The highest BCUT2D eigenvalue weighted by Crippen LogP contribution is 2.26. The molecule has 1 aromatic heterocycles. The Hall–Kier alpha value is -2.80. The fourth-order valence-electron chi connectivity index (χ4n) is 3.18. The molecular weight excluding hydrogens is 471 g/mol. The molecule has 1 aliphatic rings. The van der Waals surface area contributed by atoms with Crippen LogP contribution in [0.25, 0.3) is 11.5 Å². The number of nitrogens with one attached hydrogen (secondary N) is 1. The predicted octanol–water partition coefficient (Wildman–Crippen LogP) is 2.94. The van der Waals surface area contributed by atoms with E-state index in [1.165, 1.54) is 34.6 Å². The number of hydrogen-bond acceptors (Lipinski definition) is 8. The molecule has 33 heavy (non-hydrogen) atoms. The number of aromatic nitrogens is 2. The van der Waals surface area contributed by atoms with Gasteiger partial charge in [-0.05, 0) is 48.9 Å². The monoisotopic (exact) mass is 492 g/mol. The summed E-state index contributed by atoms with van der Waals surface area (Å²) in [6.07, 6.45) is 0. The fraction of sp³-hybridized carbons (Fsp3) is 0.286. The number of sulfonamides is 1. The summed E-state index contributed by atoms with van der Waals surface area (Å²) in [4.78, 5) is 12.6. The molecule has 174 valence electrons. The van der Waals surface area contributed by atoms with Crippen LogP contribution in [-0.2, 0) is 19.6 Å². The number of thioether (sulfide) groups is 1. The van der Waals surface area contributed by atoms with E-state index < -0.39 is 10.0 Å². The topological polar surface area (TPSA) is 115 Å². The second-order valence-electron chi connectivity index (χ2n) is 7.21. The summed E-state index contributed by atoms with van der Waals surface area (Å²) >= 11 is 1.04. The molecular formula is C21H21FN4O5S2. The third-order valence-electron chi connectivity index (χ3n) is 4.88. The number of carbonyl (C=O) groups is 1. The molecule has 2 aromatic carbocycles. The summed E-state index contributed by atoms with van der Waals surface area (Å²) in [6.45, 7) is 3.00. The summed E-state index contributed by atoms with van der Waals surface area (Å²) in [7, 11) is -3.69. The van der Waals surface area contributed by atoms with Crippen molar-refractivity contribution in [2.24, 2.45) is 0 Å². The normalized spacial score (nSPS) is 14.8. The van der Waals surface area contributed by atoms with Gasteiger partial charge in [0.25, 0.3) is 5.22 Å². The van der Waals surface area contributed by atoms with Crippen LogP contribution in [0.5, 0.6) is 0 Å². The zero-order chi connectivity index (χ0) is 23.4. The van der Waals surface area contributed by atoms with Crippen molar-refractivity contribution in [3.8, 4) is 11.5 Å². The van der Waals surface area contributed by atoms with E-state index in [-0.39, 0.29) is 33.5 Å². The Labute approximate surface area is 194 Å². The number of anilines is 1. The Balaban J connectivity index is 1.39. The molecule has 3 aromatic rings. The Morgan fingerprint density at radius 1 is 1.15 bits per heavy atom. The van der Waals surface area contributed by atoms with Crippen molar-refractivity contribution in [2.45, 2.75) is 17.0 Å². The van der Waals surface area contributed by atoms with E-state index in [0.29, 0.717) is 43.1 Å². The van der Waals surface area contributed by atoms with E-state index in [2.05, 4.69) is 15.5 Å². The number of benzene rings is 2. The number of ether oxygens (including phenoxy) is 1. The van der Waals surface area contributed by atoms with Gasteiger partial charge in [-0.1, -0.05) is 17.8 Å². The average molecular weight is 493 g/mol. The maximum Gasteiger partial charge on any atom is 0.277 e. The molecule has 1 amide bonds. The third-order valence-corrected chi connectivity index (χ3v) is 7.74. The van der Waals surface area contributed by atoms with Crippen LogP contribution in [-0.4, -0.2) is 60.9 Å². The van der Waals surface area contributed by atoms with Crippen molar-refractivity contribution in [3.05, 3.63) is 53.8 Å². The molecule has 1 fully saturated rings. The lowest BCUT2D eigenvalue weighted by atomic mass is 10.2. The van der Waals surface area contributed by atoms with Gasteiger partial charge in [-0.15, -0.1) is 10.2 Å². The van der Waals surface area contributed by atoms with E-state index in [1.807, 2.05) is 0 Å². The minimum Gasteiger partial charge on any atom is -0.411 e. The molecule has 2 heterocycles. The maximum atomic E-state index is 13.0. The van der Waals surface area contributed by atoms with Crippen LogP contribution >= 0.6 is 11.8 Å². The van der Waals surface area contributed by atoms with E-state index in [4.69, 9.17) is 9.15 Å². The first-order valence-electron chi connectivity index (χ1n) is 10.0. The highest BCUT2D eigenvalue weighted by atomic mass is 32.2. The third kappa shape index (κ3) is 5.58. The molecule has 1 N–H and O–H groups in total. The summed E-state index contributed by atoms with van der Waals surface area (Å²) in [5, 5.41) is 10.7. The lowest BCUT2D eigenvalue weighted by molar-refractivity contribution is -0.113. The molecule has 9 nitrogen and oxygen atoms in total. The quantitative estimate of drug-likeness (QED) is 0.501. The molecule has 1 aliphatic heterocycles. The van der Waals surface area contributed by atoms with Gasteiger partial charge in [-0.25, -0.2) is 12.8 Å². The van der Waals surface area contributed by atoms with Gasteiger partial charge in [0.05, 0.1) is 23.9 Å². The van der Waals surface area contributed by atoms with Gasteiger partial charge in [-0.2, -0.15) is 4.31 Å². The minimum absolute atomic E-state index is 0.0233. The zero-order valence-electron chi connectivity index (χ0n) is 17.7. The molecule has 1 saturated heterocycles. The molecule has 12 heteroatoms. The first-order chi connectivity index (χ1) is 15.8. The molecule has 0 unspecified atom stereocenters. The molecule has 0 saturated carbocycles. The van der Waals surface area contributed by atoms with Gasteiger partial charge in [-0.3, -0.25) is 4.79 Å². The first kappa shape index (κ1) is 23.4. The Bertz CT molecular complexity index is 1240. The Morgan fingerprint density at radius 2 is 1.88 bits per heavy atom. The number of carbonyl (C=O) groups excluding carboxylic acids is 1. The van der Waals surface area contributed by atoms with Gasteiger partial charge in [0, 0.05) is 24.3 Å². The van der Waals surface area contributed by atoms with Gasteiger partial charge >= 0.3 is 0 Å². The average Bonchev–Trinajstić information content (AvgIpc) is 3.29. The van der Waals surface area contributed by atoms with Gasteiger partial charge in [0.1, 0.15) is 5.82 Å². The Morgan fingerprint density at radius 3 is 2.61 bits per heavy atom. The van der Waals surface area contributed by atoms with E-state index in [0.717, 1.165) is 11.8 Å². The number of amides is 1. The Kier molecular flexibility index (Phi) is 7.08. The van der Waals surface area contributed by atoms with E-state index in [1.54, 1.807) is 19.1 Å². The number of nitrogens with zero attached hydrogens (tertiary/aromatic N) is 3. The van der Waals surface area contributed by atoms with Crippen molar-refractivity contribution in [1.29, 1.82) is 0 Å². The first-order valence-corrected chi connectivity index (χ1v) is 12.5. The van der Waals surface area contributed by atoms with Crippen LogP contribution in [0.4, 0.5) is 10.1 Å². The number of morpholine rings is 1. The predicted molar refractivity (Wildman–Crippen MR) is 120 cm³/mol. The molecule has 0 radical (unpaired) electrons. The second-order valence-corrected chi connectivity index (χ2v) is 10.0. The van der Waals surface area contributed by atoms with Gasteiger partial charge in [0.15, 0.2) is 0 Å². The van der Waals surface area contributed by atoms with Gasteiger partial charge in [0.2, 0.25) is 21.8 Å². The van der Waals surface area contributed by atoms with Crippen molar-refractivity contribution in [1.82, 2.24) is 14.5 Å². The van der Waals surface area contributed by atoms with Crippen LogP contribution in [0, 0.1) is 12.7 Å². The van der Waals surface area contributed by atoms with E-state index in [9.17, 15) is 17.6 Å². The van der Waals surface area contributed by atoms with Crippen LogP contribution < -0.4 is 5.32 Å². The number of halogens is 1. The zero-order valence-corrected chi connectivity index (χ0v) is 19.3. The smallest absolute Gasteiger partial charge is 0.277 e.